The molecule has 0 saturated carbocycles. The molecule has 3 heteroatoms. The van der Waals surface area contributed by atoms with Crippen molar-refractivity contribution in [3.05, 3.63) is 34.9 Å². The summed E-state index contributed by atoms with van der Waals surface area (Å²) in [4.78, 5) is 10.8. The van der Waals surface area contributed by atoms with Gasteiger partial charge in [0.2, 0.25) is 0 Å². The average molecular weight is 235 g/mol. The molecular formula is C14H21NO2. The van der Waals surface area contributed by atoms with Crippen molar-refractivity contribution in [2.24, 2.45) is 5.73 Å². The van der Waals surface area contributed by atoms with Crippen LogP contribution in [0.5, 0.6) is 0 Å². The van der Waals surface area contributed by atoms with E-state index in [1.807, 2.05) is 25.1 Å². The lowest BCUT2D eigenvalue weighted by molar-refractivity contribution is -0.136. The molecule has 0 aliphatic carbocycles. The Hall–Kier alpha value is -1.35. The summed E-state index contributed by atoms with van der Waals surface area (Å²) in [6.45, 7) is 8.18. The molecule has 0 aliphatic rings. The number of carboxylic acids is 1. The summed E-state index contributed by atoms with van der Waals surface area (Å²) in [5, 5.41) is 8.91. The van der Waals surface area contributed by atoms with E-state index in [1.165, 1.54) is 0 Å². The average Bonchev–Trinajstić information content (AvgIpc) is 2.15. The SMILES string of the molecule is C[C@H](N)c1ccc(CC(=O)O)c(C(C)(C)C)c1. The molecule has 17 heavy (non-hydrogen) atoms. The molecule has 0 spiro atoms. The molecule has 1 aromatic rings. The molecule has 0 fully saturated rings. The van der Waals surface area contributed by atoms with Crippen molar-refractivity contribution in [3.8, 4) is 0 Å². The molecule has 0 heterocycles. The van der Waals surface area contributed by atoms with Gasteiger partial charge in [0.05, 0.1) is 6.42 Å². The quantitative estimate of drug-likeness (QED) is 0.846. The van der Waals surface area contributed by atoms with Gasteiger partial charge in [0.25, 0.3) is 0 Å². The van der Waals surface area contributed by atoms with Crippen LogP contribution in [0, 0.1) is 0 Å². The second-order valence-electron chi connectivity index (χ2n) is 5.53. The molecule has 0 saturated heterocycles. The van der Waals surface area contributed by atoms with Crippen LogP contribution in [0.1, 0.15) is 50.4 Å². The van der Waals surface area contributed by atoms with Crippen LogP contribution in [0.3, 0.4) is 0 Å². The predicted molar refractivity (Wildman–Crippen MR) is 69.1 cm³/mol. The van der Waals surface area contributed by atoms with Gasteiger partial charge < -0.3 is 10.8 Å². The Kier molecular flexibility index (Phi) is 3.94. The van der Waals surface area contributed by atoms with Crippen LogP contribution in [-0.4, -0.2) is 11.1 Å². The summed E-state index contributed by atoms with van der Waals surface area (Å²) < 4.78 is 0. The van der Waals surface area contributed by atoms with E-state index in [0.717, 1.165) is 16.7 Å². The number of benzene rings is 1. The monoisotopic (exact) mass is 235 g/mol. The third kappa shape index (κ3) is 3.56. The van der Waals surface area contributed by atoms with Gasteiger partial charge in [-0.15, -0.1) is 0 Å². The van der Waals surface area contributed by atoms with Gasteiger partial charge in [-0.1, -0.05) is 39.0 Å². The van der Waals surface area contributed by atoms with Gasteiger partial charge in [-0.3, -0.25) is 4.79 Å². The van der Waals surface area contributed by atoms with E-state index < -0.39 is 5.97 Å². The fraction of sp³-hybridized carbons (Fsp3) is 0.500. The second-order valence-corrected chi connectivity index (χ2v) is 5.53. The number of aliphatic carboxylic acids is 1. The van der Waals surface area contributed by atoms with E-state index in [9.17, 15) is 4.79 Å². The van der Waals surface area contributed by atoms with Crippen LogP contribution in [-0.2, 0) is 16.6 Å². The molecule has 94 valence electrons. The topological polar surface area (TPSA) is 63.3 Å². The number of hydrogen-bond donors (Lipinski definition) is 2. The molecule has 1 atom stereocenters. The maximum Gasteiger partial charge on any atom is 0.307 e. The molecule has 3 nitrogen and oxygen atoms in total. The maximum atomic E-state index is 10.8. The zero-order chi connectivity index (χ0) is 13.2. The fourth-order valence-electron chi connectivity index (χ4n) is 1.89. The van der Waals surface area contributed by atoms with Crippen molar-refractivity contribution >= 4 is 5.97 Å². The minimum atomic E-state index is -0.802. The highest BCUT2D eigenvalue weighted by atomic mass is 16.4. The zero-order valence-corrected chi connectivity index (χ0v) is 10.9. The van der Waals surface area contributed by atoms with E-state index in [0.29, 0.717) is 0 Å². The fourth-order valence-corrected chi connectivity index (χ4v) is 1.89. The standard InChI is InChI=1S/C14H21NO2/c1-9(15)10-5-6-11(8-13(16)17)12(7-10)14(2,3)4/h5-7,9H,8,15H2,1-4H3,(H,16,17)/t9-/m0/s1. The van der Waals surface area contributed by atoms with Gasteiger partial charge in [0.1, 0.15) is 0 Å². The van der Waals surface area contributed by atoms with Crippen LogP contribution in [0.25, 0.3) is 0 Å². The molecule has 0 radical (unpaired) electrons. The molecule has 1 aromatic carbocycles. The van der Waals surface area contributed by atoms with Gasteiger partial charge >= 0.3 is 5.97 Å². The molecule has 1 rings (SSSR count). The highest BCUT2D eigenvalue weighted by Crippen LogP contribution is 2.28. The second kappa shape index (κ2) is 4.88. The van der Waals surface area contributed by atoms with Crippen molar-refractivity contribution in [2.45, 2.75) is 45.6 Å². The molecule has 0 bridgehead atoms. The summed E-state index contributed by atoms with van der Waals surface area (Å²) in [6, 6.07) is 5.80. The van der Waals surface area contributed by atoms with Gasteiger partial charge in [-0.05, 0) is 29.0 Å². The number of carboxylic acid groups (broad SMARTS) is 1. The normalized spacial score (nSPS) is 13.5. The van der Waals surface area contributed by atoms with Gasteiger partial charge in [0, 0.05) is 6.04 Å². The van der Waals surface area contributed by atoms with Crippen LogP contribution < -0.4 is 5.73 Å². The Morgan fingerprint density at radius 1 is 1.41 bits per heavy atom. The van der Waals surface area contributed by atoms with E-state index in [2.05, 4.69) is 20.8 Å². The predicted octanol–water partition coefficient (Wildman–Crippen LogP) is 2.63. The van der Waals surface area contributed by atoms with Gasteiger partial charge in [0.15, 0.2) is 0 Å². The Bertz CT molecular complexity index is 417. The summed E-state index contributed by atoms with van der Waals surface area (Å²) >= 11 is 0. The lowest BCUT2D eigenvalue weighted by Gasteiger charge is -2.24. The van der Waals surface area contributed by atoms with Crippen molar-refractivity contribution in [1.29, 1.82) is 0 Å². The summed E-state index contributed by atoms with van der Waals surface area (Å²) in [6.07, 6.45) is 0.0613. The van der Waals surface area contributed by atoms with Crippen molar-refractivity contribution in [1.82, 2.24) is 0 Å². The van der Waals surface area contributed by atoms with Gasteiger partial charge in [-0.2, -0.15) is 0 Å². The molecular weight excluding hydrogens is 214 g/mol. The van der Waals surface area contributed by atoms with E-state index in [4.69, 9.17) is 10.8 Å². The third-order valence-corrected chi connectivity index (χ3v) is 2.81. The van der Waals surface area contributed by atoms with Crippen LogP contribution >= 0.6 is 0 Å². The number of carbonyl (C=O) groups is 1. The molecule has 0 amide bonds. The third-order valence-electron chi connectivity index (χ3n) is 2.81. The number of rotatable bonds is 3. The first-order chi connectivity index (χ1) is 7.71. The Morgan fingerprint density at radius 2 is 2.00 bits per heavy atom. The van der Waals surface area contributed by atoms with Crippen molar-refractivity contribution in [2.75, 3.05) is 0 Å². The molecule has 0 aromatic heterocycles. The summed E-state index contributed by atoms with van der Waals surface area (Å²) in [7, 11) is 0. The van der Waals surface area contributed by atoms with Crippen molar-refractivity contribution in [3.63, 3.8) is 0 Å². The van der Waals surface area contributed by atoms with E-state index in [1.54, 1.807) is 0 Å². The Balaban J connectivity index is 3.27. The largest absolute Gasteiger partial charge is 0.481 e. The Morgan fingerprint density at radius 3 is 2.41 bits per heavy atom. The minimum absolute atomic E-state index is 0.0324. The van der Waals surface area contributed by atoms with E-state index >= 15 is 0 Å². The smallest absolute Gasteiger partial charge is 0.307 e. The lowest BCUT2D eigenvalue weighted by atomic mass is 9.81. The highest BCUT2D eigenvalue weighted by molar-refractivity contribution is 5.71. The number of hydrogen-bond acceptors (Lipinski definition) is 2. The van der Waals surface area contributed by atoms with E-state index in [-0.39, 0.29) is 17.9 Å². The van der Waals surface area contributed by atoms with Crippen LogP contribution in [0.4, 0.5) is 0 Å². The maximum absolute atomic E-state index is 10.8. The van der Waals surface area contributed by atoms with Gasteiger partial charge in [-0.25, -0.2) is 0 Å². The minimum Gasteiger partial charge on any atom is -0.481 e. The lowest BCUT2D eigenvalue weighted by Crippen LogP contribution is -2.18. The van der Waals surface area contributed by atoms with Crippen LogP contribution in [0.2, 0.25) is 0 Å². The molecule has 0 unspecified atom stereocenters. The molecule has 3 N–H and O–H groups in total. The first-order valence-corrected chi connectivity index (χ1v) is 5.82. The van der Waals surface area contributed by atoms with Crippen molar-refractivity contribution < 1.29 is 9.90 Å². The highest BCUT2D eigenvalue weighted by Gasteiger charge is 2.20. The molecule has 0 aliphatic heterocycles. The van der Waals surface area contributed by atoms with Crippen LogP contribution in [0.15, 0.2) is 18.2 Å². The Labute approximate surface area is 103 Å². The first kappa shape index (κ1) is 13.7. The first-order valence-electron chi connectivity index (χ1n) is 5.82. The zero-order valence-electron chi connectivity index (χ0n) is 10.9. The summed E-state index contributed by atoms with van der Waals surface area (Å²) in [5.41, 5.74) is 8.77. The summed E-state index contributed by atoms with van der Waals surface area (Å²) in [5.74, 6) is -0.802. The number of nitrogens with two attached hydrogens (primary N) is 1.